The van der Waals surface area contributed by atoms with Crippen molar-refractivity contribution >= 4 is 5.78 Å². The van der Waals surface area contributed by atoms with Gasteiger partial charge in [-0.3, -0.25) is 4.79 Å². The van der Waals surface area contributed by atoms with E-state index in [1.54, 1.807) is 7.11 Å². The topological polar surface area (TPSA) is 26.3 Å². The third-order valence-electron chi connectivity index (χ3n) is 2.56. The molecule has 0 spiro atoms. The maximum absolute atomic E-state index is 11.2. The molecule has 1 saturated carbocycles. The highest BCUT2D eigenvalue weighted by Gasteiger charge is 2.29. The number of benzene rings is 1. The Morgan fingerprint density at radius 3 is 2.85 bits per heavy atom. The maximum atomic E-state index is 11.2. The van der Waals surface area contributed by atoms with E-state index in [1.165, 1.54) is 0 Å². The number of carbonyl (C=O) groups excluding carboxylic acids is 1. The summed E-state index contributed by atoms with van der Waals surface area (Å²) in [6.07, 6.45) is 1.73. The molecule has 0 radical (unpaired) electrons. The molecule has 1 aromatic carbocycles. The Kier molecular flexibility index (Phi) is 2.05. The SMILES string of the molecule is COc1cccc(C2CCC2=O)c1. The molecule has 1 unspecified atom stereocenters. The van der Waals surface area contributed by atoms with Crippen LogP contribution in [0.25, 0.3) is 0 Å². The minimum Gasteiger partial charge on any atom is -0.497 e. The summed E-state index contributed by atoms with van der Waals surface area (Å²) in [5, 5.41) is 0. The van der Waals surface area contributed by atoms with Crippen molar-refractivity contribution in [3.63, 3.8) is 0 Å². The highest BCUT2D eigenvalue weighted by Crippen LogP contribution is 2.34. The molecule has 2 nitrogen and oxygen atoms in total. The molecule has 2 rings (SSSR count). The highest BCUT2D eigenvalue weighted by atomic mass is 16.5. The first kappa shape index (κ1) is 8.30. The predicted molar refractivity (Wildman–Crippen MR) is 50.0 cm³/mol. The summed E-state index contributed by atoms with van der Waals surface area (Å²) in [6, 6.07) is 7.76. The van der Waals surface area contributed by atoms with Gasteiger partial charge in [0.05, 0.1) is 7.11 Å². The smallest absolute Gasteiger partial charge is 0.140 e. The number of carbonyl (C=O) groups is 1. The summed E-state index contributed by atoms with van der Waals surface area (Å²) < 4.78 is 5.10. The fraction of sp³-hybridized carbons (Fsp3) is 0.364. The molecule has 1 aromatic rings. The lowest BCUT2D eigenvalue weighted by Gasteiger charge is -2.24. The molecule has 0 N–H and O–H groups in total. The van der Waals surface area contributed by atoms with Crippen LogP contribution in [0.15, 0.2) is 24.3 Å². The number of ketones is 1. The first-order chi connectivity index (χ1) is 6.31. The highest BCUT2D eigenvalue weighted by molar-refractivity contribution is 5.91. The van der Waals surface area contributed by atoms with Crippen LogP contribution in [0.3, 0.4) is 0 Å². The summed E-state index contributed by atoms with van der Waals surface area (Å²) >= 11 is 0. The van der Waals surface area contributed by atoms with Gasteiger partial charge in [-0.15, -0.1) is 0 Å². The zero-order chi connectivity index (χ0) is 9.26. The molecular formula is C11H12O2. The minimum atomic E-state index is 0.134. The van der Waals surface area contributed by atoms with Gasteiger partial charge in [-0.05, 0) is 24.1 Å². The summed E-state index contributed by atoms with van der Waals surface area (Å²) in [7, 11) is 1.64. The molecular weight excluding hydrogens is 164 g/mol. The van der Waals surface area contributed by atoms with Gasteiger partial charge in [0.15, 0.2) is 0 Å². The van der Waals surface area contributed by atoms with E-state index in [1.807, 2.05) is 24.3 Å². The van der Waals surface area contributed by atoms with E-state index in [4.69, 9.17) is 4.74 Å². The lowest BCUT2D eigenvalue weighted by Crippen LogP contribution is -2.23. The molecule has 2 heteroatoms. The lowest BCUT2D eigenvalue weighted by molar-refractivity contribution is -0.125. The number of rotatable bonds is 2. The maximum Gasteiger partial charge on any atom is 0.140 e. The van der Waals surface area contributed by atoms with E-state index >= 15 is 0 Å². The normalized spacial score (nSPS) is 21.0. The van der Waals surface area contributed by atoms with Gasteiger partial charge in [0.1, 0.15) is 11.5 Å². The average molecular weight is 176 g/mol. The summed E-state index contributed by atoms with van der Waals surface area (Å²) in [5.74, 6) is 1.32. The molecule has 0 amide bonds. The van der Waals surface area contributed by atoms with Crippen molar-refractivity contribution in [1.82, 2.24) is 0 Å². The van der Waals surface area contributed by atoms with Crippen LogP contribution in [0.2, 0.25) is 0 Å². The Morgan fingerprint density at radius 2 is 2.31 bits per heavy atom. The third-order valence-corrected chi connectivity index (χ3v) is 2.56. The molecule has 68 valence electrons. The molecule has 0 saturated heterocycles. The van der Waals surface area contributed by atoms with Crippen LogP contribution in [0.4, 0.5) is 0 Å². The van der Waals surface area contributed by atoms with E-state index < -0.39 is 0 Å². The van der Waals surface area contributed by atoms with Crippen LogP contribution in [0, 0.1) is 0 Å². The van der Waals surface area contributed by atoms with Crippen LogP contribution < -0.4 is 4.74 Å². The standard InChI is InChI=1S/C11H12O2/c1-13-9-4-2-3-8(7-9)10-5-6-11(10)12/h2-4,7,10H,5-6H2,1H3. The molecule has 0 aliphatic heterocycles. The lowest BCUT2D eigenvalue weighted by atomic mass is 9.79. The fourth-order valence-corrected chi connectivity index (χ4v) is 1.62. The van der Waals surface area contributed by atoms with Crippen molar-refractivity contribution in [3.8, 4) is 5.75 Å². The van der Waals surface area contributed by atoms with Crippen molar-refractivity contribution in [1.29, 1.82) is 0 Å². The second-order valence-corrected chi connectivity index (χ2v) is 3.33. The number of ether oxygens (including phenoxy) is 1. The van der Waals surface area contributed by atoms with Gasteiger partial charge in [0.25, 0.3) is 0 Å². The Labute approximate surface area is 77.5 Å². The van der Waals surface area contributed by atoms with Gasteiger partial charge >= 0.3 is 0 Å². The van der Waals surface area contributed by atoms with Crippen LogP contribution in [0.1, 0.15) is 24.3 Å². The molecule has 1 atom stereocenters. The summed E-state index contributed by atoms with van der Waals surface area (Å²) in [4.78, 5) is 11.2. The minimum absolute atomic E-state index is 0.134. The second kappa shape index (κ2) is 3.21. The quantitative estimate of drug-likeness (QED) is 0.690. The predicted octanol–water partition coefficient (Wildman–Crippen LogP) is 2.14. The fourth-order valence-electron chi connectivity index (χ4n) is 1.62. The molecule has 1 fully saturated rings. The molecule has 1 aliphatic carbocycles. The number of methoxy groups -OCH3 is 1. The van der Waals surface area contributed by atoms with Crippen LogP contribution in [-0.4, -0.2) is 12.9 Å². The second-order valence-electron chi connectivity index (χ2n) is 3.33. The molecule has 13 heavy (non-hydrogen) atoms. The van der Waals surface area contributed by atoms with E-state index in [0.717, 1.165) is 24.2 Å². The average Bonchev–Trinajstić information content (AvgIpc) is 2.16. The van der Waals surface area contributed by atoms with Gasteiger partial charge in [-0.25, -0.2) is 0 Å². The van der Waals surface area contributed by atoms with E-state index in [-0.39, 0.29) is 5.92 Å². The van der Waals surface area contributed by atoms with Crippen LogP contribution in [0.5, 0.6) is 5.75 Å². The summed E-state index contributed by atoms with van der Waals surface area (Å²) in [6.45, 7) is 0. The van der Waals surface area contributed by atoms with Crippen molar-refractivity contribution < 1.29 is 9.53 Å². The van der Waals surface area contributed by atoms with Gasteiger partial charge in [-0.1, -0.05) is 12.1 Å². The zero-order valence-electron chi connectivity index (χ0n) is 7.62. The first-order valence-corrected chi connectivity index (χ1v) is 4.48. The molecule has 1 aliphatic rings. The Bertz CT molecular complexity index is 331. The third kappa shape index (κ3) is 1.44. The van der Waals surface area contributed by atoms with E-state index in [9.17, 15) is 4.79 Å². The van der Waals surface area contributed by atoms with Crippen molar-refractivity contribution in [2.75, 3.05) is 7.11 Å². The van der Waals surface area contributed by atoms with Gasteiger partial charge < -0.3 is 4.74 Å². The Balaban J connectivity index is 2.24. The van der Waals surface area contributed by atoms with Crippen molar-refractivity contribution in [3.05, 3.63) is 29.8 Å². The summed E-state index contributed by atoms with van der Waals surface area (Å²) in [5.41, 5.74) is 1.09. The van der Waals surface area contributed by atoms with Crippen LogP contribution >= 0.6 is 0 Å². The van der Waals surface area contributed by atoms with E-state index in [2.05, 4.69) is 0 Å². The molecule has 0 aromatic heterocycles. The Hall–Kier alpha value is -1.31. The number of hydrogen-bond acceptors (Lipinski definition) is 2. The van der Waals surface area contributed by atoms with E-state index in [0.29, 0.717) is 5.78 Å². The Morgan fingerprint density at radius 1 is 1.46 bits per heavy atom. The largest absolute Gasteiger partial charge is 0.497 e. The zero-order valence-corrected chi connectivity index (χ0v) is 7.62. The monoisotopic (exact) mass is 176 g/mol. The van der Waals surface area contributed by atoms with Gasteiger partial charge in [0.2, 0.25) is 0 Å². The van der Waals surface area contributed by atoms with Crippen molar-refractivity contribution in [2.24, 2.45) is 0 Å². The number of hydrogen-bond donors (Lipinski definition) is 0. The first-order valence-electron chi connectivity index (χ1n) is 4.48. The molecule has 0 bridgehead atoms. The van der Waals surface area contributed by atoms with Gasteiger partial charge in [-0.2, -0.15) is 0 Å². The van der Waals surface area contributed by atoms with Gasteiger partial charge in [0, 0.05) is 12.3 Å². The van der Waals surface area contributed by atoms with Crippen molar-refractivity contribution in [2.45, 2.75) is 18.8 Å². The number of Topliss-reactive ketones (excluding diaryl/α,β-unsaturated/α-hetero) is 1. The molecule has 0 heterocycles. The van der Waals surface area contributed by atoms with Crippen LogP contribution in [-0.2, 0) is 4.79 Å².